The normalized spacial score (nSPS) is 12.5. The maximum atomic E-state index is 12.0. The van der Waals surface area contributed by atoms with Crippen LogP contribution in [-0.4, -0.2) is 29.3 Å². The van der Waals surface area contributed by atoms with Gasteiger partial charge in [0, 0.05) is 0 Å². The third kappa shape index (κ3) is 5.39. The quantitative estimate of drug-likeness (QED) is 0.547. The molecule has 138 valence electrons. The van der Waals surface area contributed by atoms with Crippen molar-refractivity contribution in [3.63, 3.8) is 0 Å². The van der Waals surface area contributed by atoms with Crippen LogP contribution in [0.1, 0.15) is 11.1 Å². The van der Waals surface area contributed by atoms with E-state index < -0.39 is 20.0 Å². The van der Waals surface area contributed by atoms with Crippen LogP contribution in [0.2, 0.25) is 0 Å². The highest BCUT2D eigenvalue weighted by atomic mass is 32.2. The van der Waals surface area contributed by atoms with Gasteiger partial charge < -0.3 is 0 Å². The van der Waals surface area contributed by atoms with Gasteiger partial charge in [0.1, 0.15) is 0 Å². The van der Waals surface area contributed by atoms with Crippen molar-refractivity contribution >= 4 is 32.5 Å². The molecular formula is C16H18N4O4S2. The van der Waals surface area contributed by atoms with E-state index in [0.29, 0.717) is 0 Å². The van der Waals surface area contributed by atoms with Gasteiger partial charge in [-0.3, -0.25) is 0 Å². The maximum absolute atomic E-state index is 12.0. The van der Waals surface area contributed by atoms with E-state index in [1.54, 1.807) is 24.3 Å². The Balaban J connectivity index is 1.93. The van der Waals surface area contributed by atoms with E-state index >= 15 is 0 Å². The average molecular weight is 394 g/mol. The molecule has 26 heavy (non-hydrogen) atoms. The Kier molecular flexibility index (Phi) is 6.11. The minimum absolute atomic E-state index is 0.0669. The largest absolute Gasteiger partial charge is 0.276 e. The summed E-state index contributed by atoms with van der Waals surface area (Å²) in [5, 5.41) is 7.00. The van der Waals surface area contributed by atoms with Gasteiger partial charge in [-0.05, 0) is 38.1 Å². The van der Waals surface area contributed by atoms with Crippen molar-refractivity contribution in [2.45, 2.75) is 23.6 Å². The number of sulfonamides is 2. The number of nitrogens with zero attached hydrogens (tertiary/aromatic N) is 2. The summed E-state index contributed by atoms with van der Waals surface area (Å²) in [6.45, 7) is 3.69. The van der Waals surface area contributed by atoms with Gasteiger partial charge in [-0.1, -0.05) is 35.4 Å². The Morgan fingerprint density at radius 2 is 0.962 bits per heavy atom. The van der Waals surface area contributed by atoms with Crippen molar-refractivity contribution in [3.05, 3.63) is 59.7 Å². The first-order valence-electron chi connectivity index (χ1n) is 7.42. The van der Waals surface area contributed by atoms with Gasteiger partial charge in [0.15, 0.2) is 0 Å². The summed E-state index contributed by atoms with van der Waals surface area (Å²) in [4.78, 5) is 4.14. The van der Waals surface area contributed by atoms with Crippen molar-refractivity contribution in [1.29, 1.82) is 0 Å². The molecule has 0 aromatic heterocycles. The standard InChI is InChI=1S/C16H18N4O4S2/c1-13-3-7-15(8-4-13)25(21,22)19-17-11-12-18-20-26(23,24)16-9-5-14(2)6-10-16/h3-12,19-20H,1-2H3/b17-11-,18-12+. The van der Waals surface area contributed by atoms with Crippen molar-refractivity contribution in [3.8, 4) is 0 Å². The molecule has 0 aliphatic heterocycles. The van der Waals surface area contributed by atoms with Crippen LogP contribution in [-0.2, 0) is 20.0 Å². The number of rotatable bonds is 7. The first kappa shape index (κ1) is 19.6. The monoisotopic (exact) mass is 394 g/mol. The SMILES string of the molecule is Cc1ccc(S(=O)(=O)N/N=C\C=N\NS(=O)(=O)c2ccc(C)cc2)cc1. The molecule has 0 fully saturated rings. The molecule has 10 heteroatoms. The lowest BCUT2D eigenvalue weighted by molar-refractivity contribution is 0.582. The molecule has 0 aliphatic carbocycles. The van der Waals surface area contributed by atoms with Crippen LogP contribution in [0.25, 0.3) is 0 Å². The zero-order chi connectivity index (χ0) is 19.2. The second kappa shape index (κ2) is 8.11. The highest BCUT2D eigenvalue weighted by molar-refractivity contribution is 7.89. The molecule has 0 aliphatic rings. The van der Waals surface area contributed by atoms with E-state index in [4.69, 9.17) is 0 Å². The van der Waals surface area contributed by atoms with Gasteiger partial charge in [-0.15, -0.1) is 0 Å². The van der Waals surface area contributed by atoms with Crippen molar-refractivity contribution in [2.24, 2.45) is 10.2 Å². The maximum Gasteiger partial charge on any atom is 0.276 e. The topological polar surface area (TPSA) is 117 Å². The molecule has 0 amide bonds. The van der Waals surface area contributed by atoms with Gasteiger partial charge in [0.05, 0.1) is 22.2 Å². The molecule has 0 radical (unpaired) electrons. The predicted molar refractivity (Wildman–Crippen MR) is 100.0 cm³/mol. The van der Waals surface area contributed by atoms with Crippen molar-refractivity contribution in [2.75, 3.05) is 0 Å². The van der Waals surface area contributed by atoms with Crippen LogP contribution < -0.4 is 9.66 Å². The molecule has 0 saturated carbocycles. The van der Waals surface area contributed by atoms with E-state index in [0.717, 1.165) is 23.6 Å². The third-order valence-electron chi connectivity index (χ3n) is 3.22. The summed E-state index contributed by atoms with van der Waals surface area (Å²) in [6, 6.07) is 12.5. The van der Waals surface area contributed by atoms with Gasteiger partial charge >= 0.3 is 0 Å². The summed E-state index contributed by atoms with van der Waals surface area (Å²) in [7, 11) is -7.58. The molecule has 0 spiro atoms. The summed E-state index contributed by atoms with van der Waals surface area (Å²) in [5.74, 6) is 0. The summed E-state index contributed by atoms with van der Waals surface area (Å²) < 4.78 is 47.9. The molecule has 0 saturated heterocycles. The molecule has 0 unspecified atom stereocenters. The van der Waals surface area contributed by atoms with Crippen LogP contribution in [0.3, 0.4) is 0 Å². The lowest BCUT2D eigenvalue weighted by Gasteiger charge is -2.03. The molecule has 2 aromatic carbocycles. The van der Waals surface area contributed by atoms with E-state index in [2.05, 4.69) is 10.2 Å². The molecular weight excluding hydrogens is 376 g/mol. The van der Waals surface area contributed by atoms with Crippen LogP contribution in [0.15, 0.2) is 68.5 Å². The van der Waals surface area contributed by atoms with Crippen LogP contribution in [0.5, 0.6) is 0 Å². The summed E-state index contributed by atoms with van der Waals surface area (Å²) in [5.41, 5.74) is 1.86. The highest BCUT2D eigenvalue weighted by Crippen LogP contribution is 2.10. The van der Waals surface area contributed by atoms with Crippen LogP contribution >= 0.6 is 0 Å². The fourth-order valence-corrected chi connectivity index (χ4v) is 3.41. The molecule has 0 heterocycles. The zero-order valence-electron chi connectivity index (χ0n) is 14.1. The minimum atomic E-state index is -3.79. The van der Waals surface area contributed by atoms with E-state index in [9.17, 15) is 16.8 Å². The second-order valence-electron chi connectivity index (χ2n) is 5.37. The van der Waals surface area contributed by atoms with Gasteiger partial charge in [-0.25, -0.2) is 9.66 Å². The molecule has 0 atom stereocenters. The van der Waals surface area contributed by atoms with Crippen molar-refractivity contribution < 1.29 is 16.8 Å². The predicted octanol–water partition coefficient (Wildman–Crippen LogP) is 1.53. The smallest absolute Gasteiger partial charge is 0.200 e. The number of hydrogen-bond acceptors (Lipinski definition) is 6. The number of aryl methyl sites for hydroxylation is 2. The Bertz CT molecular complexity index is 925. The number of hydrogen-bond donors (Lipinski definition) is 2. The van der Waals surface area contributed by atoms with Crippen LogP contribution in [0, 0.1) is 13.8 Å². The second-order valence-corrected chi connectivity index (χ2v) is 8.69. The van der Waals surface area contributed by atoms with Gasteiger partial charge in [0.25, 0.3) is 20.0 Å². The Morgan fingerprint density at radius 3 is 1.27 bits per heavy atom. The van der Waals surface area contributed by atoms with E-state index in [-0.39, 0.29) is 9.79 Å². The fourth-order valence-electron chi connectivity index (χ4n) is 1.81. The van der Waals surface area contributed by atoms with E-state index in [1.807, 2.05) is 23.5 Å². The first-order chi connectivity index (χ1) is 12.2. The molecule has 2 aromatic rings. The van der Waals surface area contributed by atoms with Crippen LogP contribution in [0.4, 0.5) is 0 Å². The average Bonchev–Trinajstić information content (AvgIpc) is 2.58. The first-order valence-corrected chi connectivity index (χ1v) is 10.4. The molecule has 2 N–H and O–H groups in total. The van der Waals surface area contributed by atoms with Crippen molar-refractivity contribution in [1.82, 2.24) is 9.66 Å². The molecule has 2 rings (SSSR count). The summed E-state index contributed by atoms with van der Waals surface area (Å²) in [6.07, 6.45) is 2.03. The van der Waals surface area contributed by atoms with Gasteiger partial charge in [0.2, 0.25) is 0 Å². The minimum Gasteiger partial charge on any atom is -0.200 e. The highest BCUT2D eigenvalue weighted by Gasteiger charge is 2.12. The number of nitrogens with one attached hydrogen (secondary N) is 2. The Morgan fingerprint density at radius 1 is 0.654 bits per heavy atom. The lowest BCUT2D eigenvalue weighted by Crippen LogP contribution is -2.19. The number of benzene rings is 2. The number of hydrazone groups is 2. The van der Waals surface area contributed by atoms with E-state index in [1.165, 1.54) is 24.3 Å². The lowest BCUT2D eigenvalue weighted by atomic mass is 10.2. The summed E-state index contributed by atoms with van der Waals surface area (Å²) >= 11 is 0. The molecule has 8 nitrogen and oxygen atoms in total. The molecule has 0 bridgehead atoms. The van der Waals surface area contributed by atoms with Gasteiger partial charge in [-0.2, -0.15) is 27.0 Å². The Hall–Kier alpha value is -2.72. The third-order valence-corrected chi connectivity index (χ3v) is 5.70. The fraction of sp³-hybridized carbons (Fsp3) is 0.125. The zero-order valence-corrected chi connectivity index (χ0v) is 15.8. The Labute approximate surface area is 152 Å².